The third-order valence-corrected chi connectivity index (χ3v) is 18.2. The molecule has 4 aliphatic rings. The zero-order valence-corrected chi connectivity index (χ0v) is 51.7. The van der Waals surface area contributed by atoms with Gasteiger partial charge in [-0.1, -0.05) is 182 Å². The van der Waals surface area contributed by atoms with Crippen LogP contribution >= 0.6 is 0 Å². The van der Waals surface area contributed by atoms with Crippen molar-refractivity contribution in [1.82, 2.24) is 49.8 Å². The van der Waals surface area contributed by atoms with Gasteiger partial charge in [-0.3, -0.25) is 4.98 Å². The first kappa shape index (κ1) is 55.6. The third-order valence-electron chi connectivity index (χ3n) is 18.2. The highest BCUT2D eigenvalue weighted by molar-refractivity contribution is 6.03. The second kappa shape index (κ2) is 23.5. The summed E-state index contributed by atoms with van der Waals surface area (Å²) >= 11 is 0. The number of aromatic nitrogens is 10. The minimum Gasteiger partial charge on any atom is -0.354 e. The highest BCUT2D eigenvalue weighted by Crippen LogP contribution is 2.43. The zero-order chi connectivity index (χ0) is 63.5. The molecule has 450 valence electrons. The van der Waals surface area contributed by atoms with Crippen molar-refractivity contribution in [2.75, 3.05) is 0 Å². The van der Waals surface area contributed by atoms with E-state index in [4.69, 9.17) is 24.9 Å². The van der Waals surface area contributed by atoms with E-state index in [1.54, 1.807) is 0 Å². The third kappa shape index (κ3) is 10.0. The SMILES string of the molecule is C1=Cc2nc1c(-c1ccccc1)c1ccc([nH]1)c(-c1ccccc1)c1nc(c(-c3cc(-c4ccncc4)cc(-c4c5nc(c(-c6ccccc6)c6ccc([nH]6)c(-c6ccccc6)c6nc(c(-c7ccccc7)c7ccc4[nH]7)C=C6)C=C5)n3)c3ccc([nH]3)c2-c2ccccc2)C=C1. The molecule has 10 nitrogen and oxygen atoms in total. The maximum Gasteiger partial charge on any atom is 0.0758 e. The van der Waals surface area contributed by atoms with E-state index < -0.39 is 0 Å². The lowest BCUT2D eigenvalue weighted by molar-refractivity contribution is 1.26. The lowest BCUT2D eigenvalue weighted by Gasteiger charge is -2.12. The Morgan fingerprint density at radius 1 is 0.177 bits per heavy atom. The molecule has 6 aromatic carbocycles. The van der Waals surface area contributed by atoms with E-state index in [0.29, 0.717) is 11.4 Å². The van der Waals surface area contributed by atoms with Gasteiger partial charge in [-0.2, -0.15) is 0 Å². The van der Waals surface area contributed by atoms with Crippen molar-refractivity contribution >= 4 is 92.7 Å². The molecular weight excluding hydrogens is 1170 g/mol. The summed E-state index contributed by atoms with van der Waals surface area (Å²) in [4.78, 5) is 48.8. The van der Waals surface area contributed by atoms with Gasteiger partial charge >= 0.3 is 0 Å². The molecule has 0 fully saturated rings. The Bertz CT molecular complexity index is 5490. The summed E-state index contributed by atoms with van der Waals surface area (Å²) in [6.45, 7) is 0. The van der Waals surface area contributed by atoms with Crippen molar-refractivity contribution in [3.63, 3.8) is 0 Å². The van der Waals surface area contributed by atoms with Crippen LogP contribution in [0.15, 0.2) is 267 Å². The molecule has 4 N–H and O–H groups in total. The molecule has 10 heteroatoms. The standard InChI is InChI=1S/C86H56N10/c1-7-19-54(20-8-1)79-61-31-35-65(88-61)81(56-23-11-3-12-24-56)69-39-43-73(92-69)85(74-44-40-70(93-74)82(57-25-13-4-14-26-57)66-36-32-62(79)89-66)77-51-60(53-47-49-87-50-48-53)52-78(96-77)86-75-45-41-71(94-75)83(58-27-15-5-16-28-58)67-37-33-63(90-67)80(55-21-9-2-10-22-55)64-34-38-68(91-64)84(59-29-17-6-18-30-59)72-42-46-76(86)95-72/h1-52,88,90,93,95H. The van der Waals surface area contributed by atoms with Crippen molar-refractivity contribution in [3.8, 4) is 100 Å². The summed E-state index contributed by atoms with van der Waals surface area (Å²) < 4.78 is 0. The Morgan fingerprint density at radius 3 is 0.615 bits per heavy atom. The van der Waals surface area contributed by atoms with Crippen LogP contribution in [0.5, 0.6) is 0 Å². The van der Waals surface area contributed by atoms with Crippen molar-refractivity contribution < 1.29 is 0 Å². The predicted molar refractivity (Wildman–Crippen MR) is 396 cm³/mol. The molecule has 96 heavy (non-hydrogen) atoms. The maximum atomic E-state index is 5.95. The van der Waals surface area contributed by atoms with Crippen LogP contribution in [0, 0.1) is 0 Å². The minimum absolute atomic E-state index is 0.683. The molecule has 0 saturated heterocycles. The first-order valence-electron chi connectivity index (χ1n) is 32.2. The topological polar surface area (TPSA) is 140 Å². The number of pyridine rings is 2. The smallest absolute Gasteiger partial charge is 0.0758 e. The van der Waals surface area contributed by atoms with Gasteiger partial charge in [-0.05, 0) is 166 Å². The van der Waals surface area contributed by atoms with Crippen molar-refractivity contribution in [1.29, 1.82) is 0 Å². The number of rotatable bonds is 9. The molecule has 18 rings (SSSR count). The van der Waals surface area contributed by atoms with Crippen LogP contribution in [-0.4, -0.2) is 49.8 Å². The van der Waals surface area contributed by atoms with Crippen molar-refractivity contribution in [2.24, 2.45) is 0 Å². The van der Waals surface area contributed by atoms with E-state index in [1.807, 2.05) is 12.4 Å². The van der Waals surface area contributed by atoms with Gasteiger partial charge in [0.25, 0.3) is 0 Å². The Balaban J connectivity index is 0.968. The fraction of sp³-hybridized carbons (Fsp3) is 0. The van der Waals surface area contributed by atoms with E-state index in [-0.39, 0.29) is 0 Å². The lowest BCUT2D eigenvalue weighted by Crippen LogP contribution is -1.96. The van der Waals surface area contributed by atoms with Crippen LogP contribution in [0.2, 0.25) is 0 Å². The highest BCUT2D eigenvalue weighted by atomic mass is 14.8. The summed E-state index contributed by atoms with van der Waals surface area (Å²) in [5, 5.41) is 0. The van der Waals surface area contributed by atoms with Crippen LogP contribution in [0.4, 0.5) is 0 Å². The van der Waals surface area contributed by atoms with Crippen molar-refractivity contribution in [3.05, 3.63) is 313 Å². The van der Waals surface area contributed by atoms with E-state index >= 15 is 0 Å². The van der Waals surface area contributed by atoms with Crippen LogP contribution in [0.3, 0.4) is 0 Å². The molecule has 0 aliphatic carbocycles. The second-order valence-electron chi connectivity index (χ2n) is 24.1. The number of hydrogen-bond acceptors (Lipinski definition) is 6. The Hall–Kier alpha value is -13.2. The van der Waals surface area contributed by atoms with E-state index in [2.05, 4.69) is 328 Å². The van der Waals surface area contributed by atoms with Crippen LogP contribution < -0.4 is 0 Å². The van der Waals surface area contributed by atoms with Crippen LogP contribution in [-0.2, 0) is 0 Å². The normalized spacial score (nSPS) is 12.2. The molecule has 4 aliphatic heterocycles. The first-order chi connectivity index (χ1) is 47.6. The molecule has 14 aromatic rings. The van der Waals surface area contributed by atoms with Crippen LogP contribution in [0.25, 0.3) is 193 Å². The number of fused-ring (bicyclic) bond motifs is 16. The molecule has 8 aromatic heterocycles. The zero-order valence-electron chi connectivity index (χ0n) is 51.7. The minimum atomic E-state index is 0.683. The van der Waals surface area contributed by atoms with E-state index in [1.165, 1.54) is 0 Å². The Kier molecular flexibility index (Phi) is 13.6. The Morgan fingerprint density at radius 2 is 0.385 bits per heavy atom. The largest absolute Gasteiger partial charge is 0.354 e. The lowest BCUT2D eigenvalue weighted by atomic mass is 9.99. The van der Waals surface area contributed by atoms with E-state index in [0.717, 1.165) is 179 Å². The summed E-state index contributed by atoms with van der Waals surface area (Å²) in [7, 11) is 0. The molecule has 0 unspecified atom stereocenters. The van der Waals surface area contributed by atoms with Gasteiger partial charge in [-0.15, -0.1) is 0 Å². The quantitative estimate of drug-likeness (QED) is 0.113. The average molecular weight is 1230 g/mol. The summed E-state index contributed by atoms with van der Waals surface area (Å²) in [5.74, 6) is 0. The fourth-order valence-electron chi connectivity index (χ4n) is 13.9. The fourth-order valence-corrected chi connectivity index (χ4v) is 13.9. The Labute approximate surface area is 552 Å². The molecule has 0 spiro atoms. The number of benzene rings is 6. The van der Waals surface area contributed by atoms with Gasteiger partial charge in [-0.25, -0.2) is 24.9 Å². The van der Waals surface area contributed by atoms with Gasteiger partial charge in [0.15, 0.2) is 0 Å². The van der Waals surface area contributed by atoms with E-state index in [9.17, 15) is 0 Å². The molecule has 0 saturated carbocycles. The molecule has 0 amide bonds. The number of H-pyrrole nitrogens is 4. The monoisotopic (exact) mass is 1230 g/mol. The van der Waals surface area contributed by atoms with Gasteiger partial charge in [0, 0.05) is 90.0 Å². The summed E-state index contributed by atoms with van der Waals surface area (Å²) in [6, 6.07) is 88.8. The second-order valence-corrected chi connectivity index (χ2v) is 24.1. The molecule has 16 bridgehead atoms. The molecular formula is C86H56N10. The number of aromatic amines is 4. The highest BCUT2D eigenvalue weighted by Gasteiger charge is 2.24. The molecule has 0 radical (unpaired) electrons. The maximum absolute atomic E-state index is 5.95. The van der Waals surface area contributed by atoms with Crippen molar-refractivity contribution in [2.45, 2.75) is 0 Å². The summed E-state index contributed by atoms with van der Waals surface area (Å²) in [6.07, 6.45) is 20.8. The van der Waals surface area contributed by atoms with Gasteiger partial charge < -0.3 is 19.9 Å². The number of nitrogens with zero attached hydrogens (tertiary/aromatic N) is 6. The molecule has 0 atom stereocenters. The first-order valence-corrected chi connectivity index (χ1v) is 32.2. The van der Waals surface area contributed by atoms with Crippen LogP contribution in [0.1, 0.15) is 45.6 Å². The summed E-state index contributed by atoms with van der Waals surface area (Å²) in [5.41, 5.74) is 30.3. The van der Waals surface area contributed by atoms with Gasteiger partial charge in [0.05, 0.1) is 68.0 Å². The number of nitrogens with one attached hydrogen (secondary N) is 4. The number of hydrogen-bond donors (Lipinski definition) is 4. The van der Waals surface area contributed by atoms with Gasteiger partial charge in [0.1, 0.15) is 0 Å². The van der Waals surface area contributed by atoms with Gasteiger partial charge in [0.2, 0.25) is 0 Å². The predicted octanol–water partition coefficient (Wildman–Crippen LogP) is 21.4. The molecule has 12 heterocycles. The average Bonchev–Trinajstić information content (AvgIpc) is 1.59.